The fourth-order valence-corrected chi connectivity index (χ4v) is 2.77. The fourth-order valence-electron chi connectivity index (χ4n) is 2.77. The quantitative estimate of drug-likeness (QED) is 0.866. The number of hydrogen-bond acceptors (Lipinski definition) is 4. The molecule has 0 radical (unpaired) electrons. The number of amides is 1. The minimum atomic E-state index is -0.554. The van der Waals surface area contributed by atoms with Crippen molar-refractivity contribution in [2.24, 2.45) is 11.8 Å². The first-order valence-corrected chi connectivity index (χ1v) is 7.19. The van der Waals surface area contributed by atoms with Crippen molar-refractivity contribution >= 4 is 11.9 Å². The molecule has 0 bridgehead atoms. The zero-order chi connectivity index (χ0) is 15.4. The van der Waals surface area contributed by atoms with Gasteiger partial charge in [0.1, 0.15) is 5.75 Å². The van der Waals surface area contributed by atoms with Crippen molar-refractivity contribution in [2.75, 3.05) is 19.7 Å². The third-order valence-corrected chi connectivity index (χ3v) is 3.65. The van der Waals surface area contributed by atoms with Crippen LogP contribution in [0, 0.1) is 11.8 Å². The lowest BCUT2D eigenvalue weighted by molar-refractivity contribution is -0.137. The summed E-state index contributed by atoms with van der Waals surface area (Å²) in [7, 11) is 0. The Kier molecular flexibility index (Phi) is 4.83. The summed E-state index contributed by atoms with van der Waals surface area (Å²) in [5.41, 5.74) is 0.320. The molecular weight excluding hydrogens is 270 g/mol. The lowest BCUT2D eigenvalue weighted by atomic mass is 9.92. The number of aromatic hydroxyl groups is 1. The molecule has 1 aliphatic heterocycles. The molecule has 0 aromatic heterocycles. The van der Waals surface area contributed by atoms with Gasteiger partial charge in [-0.2, -0.15) is 0 Å². The van der Waals surface area contributed by atoms with Gasteiger partial charge in [-0.05, 0) is 42.5 Å². The van der Waals surface area contributed by atoms with Gasteiger partial charge in [0.25, 0.3) is 5.91 Å². The molecule has 1 amide bonds. The summed E-state index contributed by atoms with van der Waals surface area (Å²) in [4.78, 5) is 25.7. The molecule has 0 spiro atoms. The highest BCUT2D eigenvalue weighted by atomic mass is 16.5. The topological polar surface area (TPSA) is 66.8 Å². The second kappa shape index (κ2) is 6.61. The Morgan fingerprint density at radius 3 is 2.33 bits per heavy atom. The van der Waals surface area contributed by atoms with Crippen LogP contribution in [0.5, 0.6) is 5.75 Å². The maximum atomic E-state index is 12.1. The number of rotatable bonds is 3. The van der Waals surface area contributed by atoms with Gasteiger partial charge in [0.15, 0.2) is 6.61 Å². The molecule has 21 heavy (non-hydrogen) atoms. The van der Waals surface area contributed by atoms with Crippen molar-refractivity contribution in [2.45, 2.75) is 20.3 Å². The average molecular weight is 291 g/mol. The zero-order valence-electron chi connectivity index (χ0n) is 12.4. The van der Waals surface area contributed by atoms with E-state index in [1.165, 1.54) is 24.3 Å². The van der Waals surface area contributed by atoms with Gasteiger partial charge in [0.05, 0.1) is 5.56 Å². The number of carbonyl (C=O) groups excluding carboxylic acids is 2. The van der Waals surface area contributed by atoms with Crippen LogP contribution in [0.4, 0.5) is 0 Å². The molecule has 0 aliphatic carbocycles. The number of hydrogen-bond donors (Lipinski definition) is 1. The van der Waals surface area contributed by atoms with Crippen LogP contribution in [-0.4, -0.2) is 41.6 Å². The van der Waals surface area contributed by atoms with E-state index < -0.39 is 5.97 Å². The molecule has 1 N–H and O–H groups in total. The summed E-state index contributed by atoms with van der Waals surface area (Å²) >= 11 is 0. The number of phenolic OH excluding ortho intramolecular Hbond substituents is 1. The summed E-state index contributed by atoms with van der Waals surface area (Å²) < 4.78 is 5.04. The Hall–Kier alpha value is -2.04. The third kappa shape index (κ3) is 4.21. The summed E-state index contributed by atoms with van der Waals surface area (Å²) in [6.45, 7) is 5.45. The number of phenols is 1. The number of carbonyl (C=O) groups is 2. The SMILES string of the molecule is C[C@@H]1C[C@@H](C)CN(C(=O)COC(=O)c2ccc(O)cc2)C1. The van der Waals surface area contributed by atoms with Crippen LogP contribution in [0.1, 0.15) is 30.6 Å². The molecular formula is C16H21NO4. The van der Waals surface area contributed by atoms with Gasteiger partial charge in [-0.3, -0.25) is 4.79 Å². The number of ether oxygens (including phenoxy) is 1. The predicted molar refractivity (Wildman–Crippen MR) is 77.9 cm³/mol. The standard InChI is InChI=1S/C16H21NO4/c1-11-7-12(2)9-17(8-11)15(19)10-21-16(20)13-3-5-14(18)6-4-13/h3-6,11-12,18H,7-10H2,1-2H3/t11-,12-/m1/s1. The van der Waals surface area contributed by atoms with Crippen molar-refractivity contribution in [3.05, 3.63) is 29.8 Å². The van der Waals surface area contributed by atoms with Crippen LogP contribution in [0.25, 0.3) is 0 Å². The van der Waals surface area contributed by atoms with E-state index in [0.717, 1.165) is 19.5 Å². The van der Waals surface area contributed by atoms with E-state index in [0.29, 0.717) is 17.4 Å². The van der Waals surface area contributed by atoms with Crippen LogP contribution in [0.3, 0.4) is 0 Å². The van der Waals surface area contributed by atoms with E-state index >= 15 is 0 Å². The van der Waals surface area contributed by atoms with Gasteiger partial charge < -0.3 is 14.7 Å². The number of likely N-dealkylation sites (tertiary alicyclic amines) is 1. The van der Waals surface area contributed by atoms with Gasteiger partial charge in [-0.1, -0.05) is 13.8 Å². The molecule has 1 aromatic carbocycles. The summed E-state index contributed by atoms with van der Waals surface area (Å²) in [5, 5.41) is 9.16. The molecule has 0 unspecified atom stereocenters. The van der Waals surface area contributed by atoms with Crippen LogP contribution in [0.15, 0.2) is 24.3 Å². The second-order valence-electron chi connectivity index (χ2n) is 5.87. The molecule has 1 aliphatic rings. The number of nitrogens with zero attached hydrogens (tertiary/aromatic N) is 1. The van der Waals surface area contributed by atoms with Gasteiger partial charge in [-0.25, -0.2) is 4.79 Å². The number of piperidine rings is 1. The Morgan fingerprint density at radius 2 is 1.76 bits per heavy atom. The maximum Gasteiger partial charge on any atom is 0.338 e. The summed E-state index contributed by atoms with van der Waals surface area (Å²) in [6.07, 6.45) is 1.12. The highest BCUT2D eigenvalue weighted by Crippen LogP contribution is 2.21. The second-order valence-corrected chi connectivity index (χ2v) is 5.87. The van der Waals surface area contributed by atoms with Crippen molar-refractivity contribution in [1.29, 1.82) is 0 Å². The van der Waals surface area contributed by atoms with Crippen LogP contribution in [-0.2, 0) is 9.53 Å². The van der Waals surface area contributed by atoms with Crippen molar-refractivity contribution in [3.8, 4) is 5.75 Å². The molecule has 5 heteroatoms. The third-order valence-electron chi connectivity index (χ3n) is 3.65. The van der Waals surface area contributed by atoms with Gasteiger partial charge in [-0.15, -0.1) is 0 Å². The predicted octanol–water partition coefficient (Wildman–Crippen LogP) is 2.05. The average Bonchev–Trinajstić information content (AvgIpc) is 2.44. The van der Waals surface area contributed by atoms with E-state index in [1.807, 2.05) is 0 Å². The molecule has 0 saturated carbocycles. The molecule has 1 fully saturated rings. The largest absolute Gasteiger partial charge is 0.508 e. The molecule has 5 nitrogen and oxygen atoms in total. The van der Waals surface area contributed by atoms with E-state index in [4.69, 9.17) is 9.84 Å². The molecule has 2 rings (SSSR count). The first-order chi connectivity index (χ1) is 9.95. The molecule has 1 aromatic rings. The minimum Gasteiger partial charge on any atom is -0.508 e. The summed E-state index contributed by atoms with van der Waals surface area (Å²) in [6, 6.07) is 5.75. The number of benzene rings is 1. The normalized spacial score (nSPS) is 21.9. The monoisotopic (exact) mass is 291 g/mol. The zero-order valence-corrected chi connectivity index (χ0v) is 12.4. The Bertz CT molecular complexity index is 502. The lowest BCUT2D eigenvalue weighted by Gasteiger charge is -2.34. The van der Waals surface area contributed by atoms with Crippen molar-refractivity contribution in [1.82, 2.24) is 4.90 Å². The maximum absolute atomic E-state index is 12.1. The van der Waals surface area contributed by atoms with E-state index in [2.05, 4.69) is 13.8 Å². The van der Waals surface area contributed by atoms with Gasteiger partial charge in [0.2, 0.25) is 0 Å². The molecule has 1 saturated heterocycles. The van der Waals surface area contributed by atoms with E-state index in [-0.39, 0.29) is 18.3 Å². The molecule has 1 heterocycles. The Labute approximate surface area is 124 Å². The van der Waals surface area contributed by atoms with Crippen LogP contribution >= 0.6 is 0 Å². The Balaban J connectivity index is 1.86. The van der Waals surface area contributed by atoms with Crippen LogP contribution < -0.4 is 0 Å². The number of esters is 1. The van der Waals surface area contributed by atoms with Crippen molar-refractivity contribution in [3.63, 3.8) is 0 Å². The van der Waals surface area contributed by atoms with Crippen molar-refractivity contribution < 1.29 is 19.4 Å². The highest BCUT2D eigenvalue weighted by molar-refractivity contribution is 5.91. The first-order valence-electron chi connectivity index (χ1n) is 7.19. The van der Waals surface area contributed by atoms with Gasteiger partial charge >= 0.3 is 5.97 Å². The highest BCUT2D eigenvalue weighted by Gasteiger charge is 2.26. The first kappa shape index (κ1) is 15.4. The lowest BCUT2D eigenvalue weighted by Crippen LogP contribution is -2.44. The smallest absolute Gasteiger partial charge is 0.338 e. The molecule has 2 atom stereocenters. The van der Waals surface area contributed by atoms with Crippen LogP contribution in [0.2, 0.25) is 0 Å². The minimum absolute atomic E-state index is 0.0823. The summed E-state index contributed by atoms with van der Waals surface area (Å²) in [5.74, 6) is 0.330. The molecule has 114 valence electrons. The van der Waals surface area contributed by atoms with E-state index in [9.17, 15) is 9.59 Å². The van der Waals surface area contributed by atoms with Gasteiger partial charge in [0, 0.05) is 13.1 Å². The fraction of sp³-hybridized carbons (Fsp3) is 0.500. The van der Waals surface area contributed by atoms with E-state index in [1.54, 1.807) is 4.90 Å². The Morgan fingerprint density at radius 1 is 1.19 bits per heavy atom.